The first-order valence-corrected chi connectivity index (χ1v) is 11.9. The summed E-state index contributed by atoms with van der Waals surface area (Å²) in [4.78, 5) is 12.7. The van der Waals surface area contributed by atoms with E-state index in [1.165, 1.54) is 18.2 Å². The predicted molar refractivity (Wildman–Crippen MR) is 125 cm³/mol. The molecule has 1 N–H and O–H groups in total. The van der Waals surface area contributed by atoms with E-state index in [9.17, 15) is 13.2 Å². The molecule has 5 nitrogen and oxygen atoms in total. The summed E-state index contributed by atoms with van der Waals surface area (Å²) in [6.07, 6.45) is 0.737. The van der Waals surface area contributed by atoms with Gasteiger partial charge in [-0.15, -0.1) is 0 Å². The van der Waals surface area contributed by atoms with E-state index in [1.807, 2.05) is 43.3 Å². The number of hydrogen-bond donors (Lipinski definition) is 1. The molecule has 1 amide bonds. The summed E-state index contributed by atoms with van der Waals surface area (Å²) in [5, 5.41) is 3.10. The van der Waals surface area contributed by atoms with Gasteiger partial charge < -0.3 is 5.32 Å². The van der Waals surface area contributed by atoms with Gasteiger partial charge in [0.1, 0.15) is 4.90 Å². The zero-order valence-corrected chi connectivity index (χ0v) is 19.2. The maximum absolute atomic E-state index is 13.4. The SMILES string of the molecule is CCc1ccccc1NC(=O)CN(Cc1ccccc1)S(=O)(=O)c1cc(Cl)ccc1Cl. The van der Waals surface area contributed by atoms with E-state index >= 15 is 0 Å². The van der Waals surface area contributed by atoms with Crippen LogP contribution < -0.4 is 5.32 Å². The third kappa shape index (κ3) is 5.86. The van der Waals surface area contributed by atoms with Gasteiger partial charge in [0.05, 0.1) is 11.6 Å². The topological polar surface area (TPSA) is 66.5 Å². The number of nitrogens with one attached hydrogen (secondary N) is 1. The Labute approximate surface area is 192 Å². The number of hydrogen-bond acceptors (Lipinski definition) is 3. The van der Waals surface area contributed by atoms with Crippen molar-refractivity contribution in [2.45, 2.75) is 24.8 Å². The van der Waals surface area contributed by atoms with Gasteiger partial charge in [0.2, 0.25) is 15.9 Å². The lowest BCUT2D eigenvalue weighted by Crippen LogP contribution is -2.37. The molecule has 0 radical (unpaired) electrons. The van der Waals surface area contributed by atoms with Gasteiger partial charge in [-0.2, -0.15) is 4.31 Å². The normalized spacial score (nSPS) is 11.5. The van der Waals surface area contributed by atoms with Gasteiger partial charge in [0.25, 0.3) is 0 Å². The van der Waals surface area contributed by atoms with Gasteiger partial charge in [0.15, 0.2) is 0 Å². The predicted octanol–water partition coefficient (Wildman–Crippen LogP) is 5.39. The van der Waals surface area contributed by atoms with Crippen LogP contribution in [0.2, 0.25) is 10.0 Å². The Morgan fingerprint density at radius 3 is 2.35 bits per heavy atom. The fourth-order valence-electron chi connectivity index (χ4n) is 3.13. The van der Waals surface area contributed by atoms with E-state index in [2.05, 4.69) is 5.32 Å². The molecule has 0 atom stereocenters. The van der Waals surface area contributed by atoms with Gasteiger partial charge >= 0.3 is 0 Å². The maximum Gasteiger partial charge on any atom is 0.245 e. The molecule has 0 aromatic heterocycles. The maximum atomic E-state index is 13.4. The molecule has 3 aromatic carbocycles. The van der Waals surface area contributed by atoms with E-state index in [-0.39, 0.29) is 28.0 Å². The highest BCUT2D eigenvalue weighted by Gasteiger charge is 2.29. The molecule has 0 unspecified atom stereocenters. The minimum Gasteiger partial charge on any atom is -0.325 e. The van der Waals surface area contributed by atoms with Crippen LogP contribution in [0.4, 0.5) is 5.69 Å². The first-order chi connectivity index (χ1) is 14.8. The highest BCUT2D eigenvalue weighted by molar-refractivity contribution is 7.89. The highest BCUT2D eigenvalue weighted by atomic mass is 35.5. The first kappa shape index (κ1) is 23.3. The second kappa shape index (κ2) is 10.3. The third-order valence-electron chi connectivity index (χ3n) is 4.71. The number of nitrogens with zero attached hydrogens (tertiary/aromatic N) is 1. The second-order valence-corrected chi connectivity index (χ2v) is 9.64. The van der Waals surface area contributed by atoms with Gasteiger partial charge in [-0.25, -0.2) is 8.42 Å². The number of anilines is 1. The number of carbonyl (C=O) groups is 1. The smallest absolute Gasteiger partial charge is 0.245 e. The summed E-state index contributed by atoms with van der Waals surface area (Å²) in [7, 11) is -4.10. The Morgan fingerprint density at radius 1 is 0.968 bits per heavy atom. The number of rotatable bonds is 8. The minimum absolute atomic E-state index is 0.00879. The quantitative estimate of drug-likeness (QED) is 0.474. The molecule has 162 valence electrons. The number of carbonyl (C=O) groups excluding carboxylic acids is 1. The Hall–Kier alpha value is -2.38. The molecule has 0 aliphatic carbocycles. The van der Waals surface area contributed by atoms with E-state index in [1.54, 1.807) is 18.2 Å². The number of aryl methyl sites for hydroxylation is 1. The third-order valence-corrected chi connectivity index (χ3v) is 7.21. The Bertz CT molecular complexity index is 1170. The fourth-order valence-corrected chi connectivity index (χ4v) is 5.25. The van der Waals surface area contributed by atoms with Crippen LogP contribution in [-0.2, 0) is 27.8 Å². The number of para-hydroxylation sites is 1. The average Bonchev–Trinajstić information content (AvgIpc) is 2.76. The largest absolute Gasteiger partial charge is 0.325 e. The van der Waals surface area contributed by atoms with Crippen LogP contribution in [0.15, 0.2) is 77.7 Å². The van der Waals surface area contributed by atoms with E-state index < -0.39 is 15.9 Å². The summed E-state index contributed by atoms with van der Waals surface area (Å²) in [6, 6.07) is 20.7. The van der Waals surface area contributed by atoms with Crippen LogP contribution in [-0.4, -0.2) is 25.2 Å². The molecule has 0 heterocycles. The van der Waals surface area contributed by atoms with Crippen LogP contribution in [0.5, 0.6) is 0 Å². The van der Waals surface area contributed by atoms with Gasteiger partial charge in [-0.3, -0.25) is 4.79 Å². The van der Waals surface area contributed by atoms with Crippen molar-refractivity contribution in [3.05, 3.63) is 94.0 Å². The van der Waals surface area contributed by atoms with E-state index in [0.29, 0.717) is 5.69 Å². The Kier molecular flexibility index (Phi) is 7.73. The first-order valence-electron chi connectivity index (χ1n) is 9.68. The number of halogens is 2. The van der Waals surface area contributed by atoms with E-state index in [4.69, 9.17) is 23.2 Å². The Morgan fingerprint density at radius 2 is 1.65 bits per heavy atom. The average molecular weight is 477 g/mol. The summed E-state index contributed by atoms with van der Waals surface area (Å²) in [5.74, 6) is -0.446. The molecule has 0 spiro atoms. The van der Waals surface area contributed by atoms with Crippen LogP contribution in [0.25, 0.3) is 0 Å². The van der Waals surface area contributed by atoms with Crippen LogP contribution in [0, 0.1) is 0 Å². The van der Waals surface area contributed by atoms with Gasteiger partial charge in [0, 0.05) is 17.3 Å². The second-order valence-electron chi connectivity index (χ2n) is 6.89. The van der Waals surface area contributed by atoms with Crippen molar-refractivity contribution in [2.24, 2.45) is 0 Å². The van der Waals surface area contributed by atoms with Gasteiger partial charge in [-0.05, 0) is 41.8 Å². The van der Waals surface area contributed by atoms with Crippen LogP contribution in [0.3, 0.4) is 0 Å². The molecule has 0 saturated heterocycles. The van der Waals surface area contributed by atoms with Gasteiger partial charge in [-0.1, -0.05) is 78.7 Å². The molecule has 0 fully saturated rings. The molecule has 0 bridgehead atoms. The highest BCUT2D eigenvalue weighted by Crippen LogP contribution is 2.28. The summed E-state index contributed by atoms with van der Waals surface area (Å²) < 4.78 is 27.9. The molecule has 3 aromatic rings. The summed E-state index contributed by atoms with van der Waals surface area (Å²) >= 11 is 12.2. The monoisotopic (exact) mass is 476 g/mol. The zero-order chi connectivity index (χ0) is 22.4. The lowest BCUT2D eigenvalue weighted by molar-refractivity contribution is -0.116. The van der Waals surface area contributed by atoms with E-state index in [0.717, 1.165) is 21.9 Å². The number of amides is 1. The fraction of sp³-hybridized carbons (Fsp3) is 0.174. The van der Waals surface area contributed by atoms with Crippen LogP contribution >= 0.6 is 23.2 Å². The zero-order valence-electron chi connectivity index (χ0n) is 16.9. The van der Waals surface area contributed by atoms with Crippen molar-refractivity contribution < 1.29 is 13.2 Å². The number of sulfonamides is 1. The molecule has 3 rings (SSSR count). The molecule has 0 aliphatic rings. The molecular formula is C23H22Cl2N2O3S. The van der Waals surface area contributed by atoms with Crippen molar-refractivity contribution in [3.8, 4) is 0 Å². The Balaban J connectivity index is 1.92. The lowest BCUT2D eigenvalue weighted by atomic mass is 10.1. The van der Waals surface area contributed by atoms with Crippen molar-refractivity contribution in [1.82, 2.24) is 4.31 Å². The van der Waals surface area contributed by atoms with Crippen molar-refractivity contribution in [3.63, 3.8) is 0 Å². The standard InChI is InChI=1S/C23H22Cl2N2O3S/c1-2-18-10-6-7-11-21(18)26-23(28)16-27(15-17-8-4-3-5-9-17)31(29,30)22-14-19(24)12-13-20(22)25/h3-14H,2,15-16H2,1H3,(H,26,28). The summed E-state index contributed by atoms with van der Waals surface area (Å²) in [5.41, 5.74) is 2.37. The number of benzene rings is 3. The molecule has 0 aliphatic heterocycles. The summed E-state index contributed by atoms with van der Waals surface area (Å²) in [6.45, 7) is 1.62. The van der Waals surface area contributed by atoms with Crippen molar-refractivity contribution in [2.75, 3.05) is 11.9 Å². The minimum atomic E-state index is -4.10. The molecular weight excluding hydrogens is 455 g/mol. The molecule has 31 heavy (non-hydrogen) atoms. The van der Waals surface area contributed by atoms with Crippen molar-refractivity contribution in [1.29, 1.82) is 0 Å². The lowest BCUT2D eigenvalue weighted by Gasteiger charge is -2.23. The molecule has 8 heteroatoms. The van der Waals surface area contributed by atoms with Crippen LogP contribution in [0.1, 0.15) is 18.1 Å². The van der Waals surface area contributed by atoms with Crippen molar-refractivity contribution >= 4 is 44.8 Å². The molecule has 0 saturated carbocycles.